The van der Waals surface area contributed by atoms with E-state index >= 15 is 0 Å². The maximum absolute atomic E-state index is 11.2. The molecule has 0 saturated heterocycles. The molecule has 0 amide bonds. The van der Waals surface area contributed by atoms with Gasteiger partial charge in [-0.1, -0.05) is 12.8 Å². The molecule has 0 fully saturated rings. The first-order valence-electron chi connectivity index (χ1n) is 3.10. The van der Waals surface area contributed by atoms with Gasteiger partial charge in [-0.05, 0) is 0 Å². The first-order valence-corrected chi connectivity index (χ1v) is 3.50. The number of nitrogens with one attached hydrogen (secondary N) is 1. The zero-order chi connectivity index (χ0) is 8.72. The Bertz CT molecular complexity index is 486. The Hall–Kier alpha value is -1.50. The Morgan fingerprint density at radius 3 is 3.17 bits per heavy atom. The molecule has 2 aromatic heterocycles. The van der Waals surface area contributed by atoms with Gasteiger partial charge in [0.05, 0.1) is 0 Å². The SMILES string of the molecule is Nc1nc2ncn(S)c2c(=O)[nH]1. The van der Waals surface area contributed by atoms with Gasteiger partial charge in [0, 0.05) is 0 Å². The van der Waals surface area contributed by atoms with Crippen LogP contribution < -0.4 is 11.3 Å². The Labute approximate surface area is 72.0 Å². The van der Waals surface area contributed by atoms with Crippen LogP contribution in [0, 0.1) is 0 Å². The number of aromatic amines is 1. The highest BCUT2D eigenvalue weighted by Gasteiger charge is 2.06. The largest absolute Gasteiger partial charge is 0.369 e. The van der Waals surface area contributed by atoms with Crippen LogP contribution in [0.4, 0.5) is 5.95 Å². The molecule has 7 heteroatoms. The molecule has 0 bridgehead atoms. The molecule has 0 aromatic carbocycles. The number of nitrogen functional groups attached to an aromatic ring is 1. The summed E-state index contributed by atoms with van der Waals surface area (Å²) in [7, 11) is 0. The quantitative estimate of drug-likeness (QED) is 0.475. The van der Waals surface area contributed by atoms with Crippen LogP contribution in [0.3, 0.4) is 0 Å². The summed E-state index contributed by atoms with van der Waals surface area (Å²) in [5.74, 6) is 0.0551. The van der Waals surface area contributed by atoms with Crippen molar-refractivity contribution in [3.8, 4) is 0 Å². The summed E-state index contributed by atoms with van der Waals surface area (Å²) in [6, 6.07) is 0. The Kier molecular flexibility index (Phi) is 1.34. The molecule has 0 radical (unpaired) electrons. The molecule has 2 heterocycles. The Balaban J connectivity index is 3.03. The van der Waals surface area contributed by atoms with Gasteiger partial charge in [0.2, 0.25) is 5.95 Å². The minimum Gasteiger partial charge on any atom is -0.369 e. The van der Waals surface area contributed by atoms with Crippen LogP contribution >= 0.6 is 12.8 Å². The predicted molar refractivity (Wildman–Crippen MR) is 46.9 cm³/mol. The number of nitrogens with zero attached hydrogens (tertiary/aromatic N) is 3. The molecule has 0 aliphatic heterocycles. The number of rotatable bonds is 0. The molecule has 2 aromatic rings. The summed E-state index contributed by atoms with van der Waals surface area (Å²) in [5.41, 5.74) is 5.55. The van der Waals surface area contributed by atoms with E-state index in [1.165, 1.54) is 10.3 Å². The molecule has 0 spiro atoms. The molecule has 0 unspecified atom stereocenters. The Morgan fingerprint density at radius 1 is 1.67 bits per heavy atom. The van der Waals surface area contributed by atoms with Crippen molar-refractivity contribution < 1.29 is 0 Å². The van der Waals surface area contributed by atoms with Crippen molar-refractivity contribution in [2.24, 2.45) is 0 Å². The first kappa shape index (κ1) is 7.17. The third kappa shape index (κ3) is 0.866. The van der Waals surface area contributed by atoms with Crippen molar-refractivity contribution in [1.82, 2.24) is 18.9 Å². The molecule has 62 valence electrons. The summed E-state index contributed by atoms with van der Waals surface area (Å²) in [6.07, 6.45) is 1.38. The second kappa shape index (κ2) is 2.24. The molecule has 0 aliphatic rings. The average molecular weight is 183 g/mol. The van der Waals surface area contributed by atoms with E-state index in [1.807, 2.05) is 0 Å². The molecule has 12 heavy (non-hydrogen) atoms. The Morgan fingerprint density at radius 2 is 2.42 bits per heavy atom. The molecule has 0 saturated carbocycles. The second-order valence-electron chi connectivity index (χ2n) is 2.21. The van der Waals surface area contributed by atoms with Crippen LogP contribution in [-0.2, 0) is 0 Å². The normalized spacial score (nSPS) is 10.8. The zero-order valence-corrected chi connectivity index (χ0v) is 6.75. The lowest BCUT2D eigenvalue weighted by molar-refractivity contribution is 1.17. The first-order chi connectivity index (χ1) is 5.68. The molecular formula is C5H5N5OS. The number of anilines is 1. The van der Waals surface area contributed by atoms with Gasteiger partial charge in [0.1, 0.15) is 6.33 Å². The van der Waals surface area contributed by atoms with E-state index in [2.05, 4.69) is 27.8 Å². The van der Waals surface area contributed by atoms with Gasteiger partial charge >= 0.3 is 0 Å². The van der Waals surface area contributed by atoms with Gasteiger partial charge in [-0.25, -0.2) is 4.98 Å². The molecule has 2 rings (SSSR count). The van der Waals surface area contributed by atoms with Gasteiger partial charge in [-0.3, -0.25) is 13.8 Å². The number of hydrogen-bond acceptors (Lipinski definition) is 5. The summed E-state index contributed by atoms with van der Waals surface area (Å²) in [6.45, 7) is 0. The monoisotopic (exact) mass is 183 g/mol. The lowest BCUT2D eigenvalue weighted by Crippen LogP contribution is -2.12. The number of nitrogens with two attached hydrogens (primary N) is 1. The van der Waals surface area contributed by atoms with Crippen molar-refractivity contribution >= 4 is 29.9 Å². The van der Waals surface area contributed by atoms with E-state index in [4.69, 9.17) is 5.73 Å². The van der Waals surface area contributed by atoms with E-state index in [9.17, 15) is 4.79 Å². The zero-order valence-electron chi connectivity index (χ0n) is 5.85. The van der Waals surface area contributed by atoms with E-state index < -0.39 is 0 Å². The summed E-state index contributed by atoms with van der Waals surface area (Å²) in [5, 5.41) is 0. The summed E-state index contributed by atoms with van der Waals surface area (Å²) in [4.78, 5) is 21.2. The highest BCUT2D eigenvalue weighted by molar-refractivity contribution is 7.78. The van der Waals surface area contributed by atoms with Gasteiger partial charge < -0.3 is 5.73 Å². The standard InChI is InChI=1S/C5H5N5OS/c6-5-8-3-2(4(11)9-5)10(12)1-7-3/h1,12H,(H3,6,8,9,11). The van der Waals surface area contributed by atoms with E-state index in [-0.39, 0.29) is 11.5 Å². The number of fused-ring (bicyclic) bond motifs is 1. The van der Waals surface area contributed by atoms with Crippen LogP contribution in [0.2, 0.25) is 0 Å². The molecular weight excluding hydrogens is 178 g/mol. The topological polar surface area (TPSA) is 89.6 Å². The van der Waals surface area contributed by atoms with Gasteiger partial charge in [-0.2, -0.15) is 4.98 Å². The fourth-order valence-corrected chi connectivity index (χ4v) is 1.17. The molecule has 0 atom stereocenters. The van der Waals surface area contributed by atoms with Crippen LogP contribution in [0.1, 0.15) is 0 Å². The number of H-pyrrole nitrogens is 1. The summed E-state index contributed by atoms with van der Waals surface area (Å²) >= 11 is 3.96. The predicted octanol–water partition coefficient (Wildman–Crippen LogP) is -0.605. The van der Waals surface area contributed by atoms with Gasteiger partial charge in [-0.15, -0.1) is 0 Å². The third-order valence-electron chi connectivity index (χ3n) is 1.41. The average Bonchev–Trinajstić information content (AvgIpc) is 2.31. The molecule has 6 nitrogen and oxygen atoms in total. The van der Waals surface area contributed by atoms with Crippen molar-refractivity contribution in [3.05, 3.63) is 16.7 Å². The van der Waals surface area contributed by atoms with E-state index in [1.54, 1.807) is 0 Å². The van der Waals surface area contributed by atoms with Crippen molar-refractivity contribution in [2.75, 3.05) is 5.73 Å². The summed E-state index contributed by atoms with van der Waals surface area (Å²) < 4.78 is 1.29. The second-order valence-corrected chi connectivity index (χ2v) is 2.64. The minimum atomic E-state index is -0.343. The highest BCUT2D eigenvalue weighted by Crippen LogP contribution is 2.05. The van der Waals surface area contributed by atoms with Crippen molar-refractivity contribution in [3.63, 3.8) is 0 Å². The van der Waals surface area contributed by atoms with Gasteiger partial charge in [0.15, 0.2) is 11.2 Å². The minimum absolute atomic E-state index is 0.0551. The maximum atomic E-state index is 11.2. The fraction of sp³-hybridized carbons (Fsp3) is 0. The molecule has 0 aliphatic carbocycles. The smallest absolute Gasteiger partial charge is 0.279 e. The van der Waals surface area contributed by atoms with Gasteiger partial charge in [0.25, 0.3) is 5.56 Å². The number of aromatic nitrogens is 4. The van der Waals surface area contributed by atoms with Crippen LogP contribution in [0.25, 0.3) is 11.2 Å². The van der Waals surface area contributed by atoms with E-state index in [0.717, 1.165) is 0 Å². The highest BCUT2D eigenvalue weighted by atomic mass is 32.1. The lowest BCUT2D eigenvalue weighted by Gasteiger charge is -1.92. The van der Waals surface area contributed by atoms with E-state index in [0.29, 0.717) is 11.2 Å². The fourth-order valence-electron chi connectivity index (χ4n) is 0.936. The molecule has 3 N–H and O–H groups in total. The number of thiol groups is 1. The third-order valence-corrected chi connectivity index (χ3v) is 1.72. The van der Waals surface area contributed by atoms with Crippen molar-refractivity contribution in [2.45, 2.75) is 0 Å². The van der Waals surface area contributed by atoms with Crippen molar-refractivity contribution in [1.29, 1.82) is 0 Å². The number of hydrogen-bond donors (Lipinski definition) is 3. The van der Waals surface area contributed by atoms with Crippen LogP contribution in [-0.4, -0.2) is 18.9 Å². The lowest BCUT2D eigenvalue weighted by atomic mass is 10.5. The number of imidazole rings is 1. The maximum Gasteiger partial charge on any atom is 0.279 e. The van der Waals surface area contributed by atoms with Crippen LogP contribution in [0.15, 0.2) is 11.1 Å². The van der Waals surface area contributed by atoms with Crippen LogP contribution in [0.5, 0.6) is 0 Å².